The van der Waals surface area contributed by atoms with Gasteiger partial charge in [0, 0.05) is 34.1 Å². The Balaban J connectivity index is 1.58. The van der Waals surface area contributed by atoms with Crippen LogP contribution in [0.3, 0.4) is 0 Å². The maximum Gasteiger partial charge on any atom is 0.0991 e. The van der Waals surface area contributed by atoms with Gasteiger partial charge in [-0.1, -0.05) is 65.8 Å². The van der Waals surface area contributed by atoms with Gasteiger partial charge in [0.1, 0.15) is 0 Å². The topological polar surface area (TPSA) is 54.1 Å². The zero-order valence-corrected chi connectivity index (χ0v) is 26.3. The van der Waals surface area contributed by atoms with Crippen LogP contribution >= 0.6 is 0 Å². The molecular formula is C40H38N4. The van der Waals surface area contributed by atoms with Crippen LogP contribution in [0, 0.1) is 22.7 Å². The maximum absolute atomic E-state index is 9.34. The lowest BCUT2D eigenvalue weighted by molar-refractivity contribution is 0.590. The van der Waals surface area contributed by atoms with Crippen LogP contribution in [0.1, 0.15) is 63.8 Å². The molecule has 0 N–H and O–H groups in total. The van der Waals surface area contributed by atoms with Crippen molar-refractivity contribution in [2.75, 3.05) is 9.80 Å². The van der Waals surface area contributed by atoms with Crippen LogP contribution in [0.4, 0.5) is 34.1 Å². The summed E-state index contributed by atoms with van der Waals surface area (Å²) >= 11 is 0. The molecule has 0 fully saturated rings. The third-order valence-electron chi connectivity index (χ3n) is 7.86. The fourth-order valence-electron chi connectivity index (χ4n) is 5.24. The van der Waals surface area contributed by atoms with E-state index in [9.17, 15) is 10.5 Å². The molecule has 218 valence electrons. The lowest BCUT2D eigenvalue weighted by Crippen LogP contribution is -2.14. The van der Waals surface area contributed by atoms with E-state index in [1.54, 1.807) is 0 Å². The van der Waals surface area contributed by atoms with Crippen molar-refractivity contribution >= 4 is 34.1 Å². The highest BCUT2D eigenvalue weighted by molar-refractivity contribution is 5.81. The Kier molecular flexibility index (Phi) is 8.30. The molecule has 5 aromatic carbocycles. The molecule has 0 saturated heterocycles. The number of nitriles is 2. The molecule has 0 unspecified atom stereocenters. The number of rotatable bonds is 6. The van der Waals surface area contributed by atoms with Crippen molar-refractivity contribution in [1.82, 2.24) is 0 Å². The first kappa shape index (κ1) is 30.1. The molecule has 0 amide bonds. The summed E-state index contributed by atoms with van der Waals surface area (Å²) in [6.45, 7) is 13.4. The average molecular weight is 575 g/mol. The highest BCUT2D eigenvalue weighted by Gasteiger charge is 2.19. The predicted molar refractivity (Wildman–Crippen MR) is 183 cm³/mol. The van der Waals surface area contributed by atoms with Crippen molar-refractivity contribution in [2.45, 2.75) is 52.4 Å². The molecule has 0 radical (unpaired) electrons. The summed E-state index contributed by atoms with van der Waals surface area (Å²) in [4.78, 5) is 4.42. The van der Waals surface area contributed by atoms with E-state index in [2.05, 4.69) is 136 Å². The van der Waals surface area contributed by atoms with Gasteiger partial charge in [-0.15, -0.1) is 0 Å². The summed E-state index contributed by atoms with van der Waals surface area (Å²) in [6, 6.07) is 45.7. The minimum atomic E-state index is 0.0692. The van der Waals surface area contributed by atoms with Crippen LogP contribution in [0.15, 0.2) is 121 Å². The van der Waals surface area contributed by atoms with Gasteiger partial charge in [-0.05, 0) is 119 Å². The van der Waals surface area contributed by atoms with Crippen molar-refractivity contribution in [2.24, 2.45) is 0 Å². The number of benzene rings is 5. The normalized spacial score (nSPS) is 11.4. The van der Waals surface area contributed by atoms with E-state index in [-0.39, 0.29) is 10.8 Å². The van der Waals surface area contributed by atoms with E-state index in [0.29, 0.717) is 11.1 Å². The third kappa shape index (κ3) is 6.51. The second-order valence-corrected chi connectivity index (χ2v) is 13.1. The highest BCUT2D eigenvalue weighted by atomic mass is 15.2. The van der Waals surface area contributed by atoms with Crippen LogP contribution in [0.25, 0.3) is 0 Å². The van der Waals surface area contributed by atoms with Crippen molar-refractivity contribution in [1.29, 1.82) is 10.5 Å². The minimum absolute atomic E-state index is 0.0692. The third-order valence-corrected chi connectivity index (χ3v) is 7.86. The van der Waals surface area contributed by atoms with Crippen LogP contribution in [0.5, 0.6) is 0 Å². The molecule has 0 saturated carbocycles. The Labute approximate surface area is 262 Å². The van der Waals surface area contributed by atoms with Crippen LogP contribution < -0.4 is 9.80 Å². The van der Waals surface area contributed by atoms with Gasteiger partial charge in [0.25, 0.3) is 0 Å². The van der Waals surface area contributed by atoms with Gasteiger partial charge in [-0.25, -0.2) is 0 Å². The molecule has 0 atom stereocenters. The van der Waals surface area contributed by atoms with Gasteiger partial charge in [-0.2, -0.15) is 10.5 Å². The molecule has 5 aromatic rings. The first-order chi connectivity index (χ1) is 21.0. The Morgan fingerprint density at radius 2 is 0.568 bits per heavy atom. The highest BCUT2D eigenvalue weighted by Crippen LogP contribution is 2.40. The van der Waals surface area contributed by atoms with Crippen molar-refractivity contribution in [3.8, 4) is 12.1 Å². The van der Waals surface area contributed by atoms with Gasteiger partial charge in [0.2, 0.25) is 0 Å². The smallest absolute Gasteiger partial charge is 0.0991 e. The Morgan fingerprint density at radius 3 is 0.773 bits per heavy atom. The van der Waals surface area contributed by atoms with E-state index in [4.69, 9.17) is 0 Å². The summed E-state index contributed by atoms with van der Waals surface area (Å²) < 4.78 is 0. The van der Waals surface area contributed by atoms with E-state index < -0.39 is 0 Å². The van der Waals surface area contributed by atoms with Gasteiger partial charge in [-0.3, -0.25) is 0 Å². The molecule has 44 heavy (non-hydrogen) atoms. The summed E-state index contributed by atoms with van der Waals surface area (Å²) in [5.41, 5.74) is 9.97. The summed E-state index contributed by atoms with van der Waals surface area (Å²) in [5.74, 6) is 0. The molecule has 4 nitrogen and oxygen atoms in total. The van der Waals surface area contributed by atoms with Gasteiger partial charge in [0.15, 0.2) is 0 Å². The second kappa shape index (κ2) is 12.1. The van der Waals surface area contributed by atoms with Gasteiger partial charge < -0.3 is 9.80 Å². The van der Waals surface area contributed by atoms with E-state index in [1.807, 2.05) is 48.5 Å². The van der Waals surface area contributed by atoms with E-state index in [0.717, 1.165) is 34.1 Å². The maximum atomic E-state index is 9.34. The molecular weight excluding hydrogens is 536 g/mol. The molecule has 4 heteroatoms. The number of hydrogen-bond acceptors (Lipinski definition) is 4. The first-order valence-corrected chi connectivity index (χ1v) is 14.9. The van der Waals surface area contributed by atoms with Gasteiger partial charge in [0.05, 0.1) is 23.3 Å². The molecule has 0 heterocycles. The van der Waals surface area contributed by atoms with Crippen molar-refractivity contribution in [3.05, 3.63) is 144 Å². The SMILES string of the molecule is CC(C)(C)c1ccc(N(c2ccc(N(c3ccc(C#N)cc3)c3ccc(C#N)cc3)cc2)c2ccc(C(C)(C)C)cc2)cc1. The standard InChI is InChI=1S/C40H38N4/c1-39(2,3)31-11-19-35(20-12-31)44(36-21-13-32(14-22-36)40(4,5)6)38-25-23-37(24-26-38)43(33-15-7-29(27-41)8-16-33)34-17-9-30(28-42)10-18-34/h7-26H,1-6H3. The molecule has 5 rings (SSSR count). The number of nitrogens with zero attached hydrogens (tertiary/aromatic N) is 4. The molecule has 0 aromatic heterocycles. The second-order valence-electron chi connectivity index (χ2n) is 13.1. The Morgan fingerprint density at radius 1 is 0.364 bits per heavy atom. The number of hydrogen-bond donors (Lipinski definition) is 0. The van der Waals surface area contributed by atoms with Crippen molar-refractivity contribution < 1.29 is 0 Å². The largest absolute Gasteiger partial charge is 0.311 e. The molecule has 0 aliphatic carbocycles. The average Bonchev–Trinajstić information content (AvgIpc) is 3.02. The lowest BCUT2D eigenvalue weighted by Gasteiger charge is -2.29. The van der Waals surface area contributed by atoms with E-state index >= 15 is 0 Å². The van der Waals surface area contributed by atoms with Crippen LogP contribution in [0.2, 0.25) is 0 Å². The first-order valence-electron chi connectivity index (χ1n) is 14.9. The van der Waals surface area contributed by atoms with Gasteiger partial charge >= 0.3 is 0 Å². The lowest BCUT2D eigenvalue weighted by atomic mass is 9.86. The Hall–Kier alpha value is -5.32. The fourth-order valence-corrected chi connectivity index (χ4v) is 5.24. The quantitative estimate of drug-likeness (QED) is 0.202. The van der Waals surface area contributed by atoms with Crippen molar-refractivity contribution in [3.63, 3.8) is 0 Å². The Bertz CT molecular complexity index is 1670. The molecule has 0 spiro atoms. The monoisotopic (exact) mass is 574 g/mol. The summed E-state index contributed by atoms with van der Waals surface area (Å²) in [6.07, 6.45) is 0. The molecule has 0 bridgehead atoms. The molecule has 0 aliphatic rings. The molecule has 0 aliphatic heterocycles. The van der Waals surface area contributed by atoms with Crippen LogP contribution in [-0.2, 0) is 10.8 Å². The zero-order chi connectivity index (χ0) is 31.5. The summed E-state index contributed by atoms with van der Waals surface area (Å²) in [5, 5.41) is 18.7. The van der Waals surface area contributed by atoms with Crippen LogP contribution in [-0.4, -0.2) is 0 Å². The van der Waals surface area contributed by atoms with E-state index in [1.165, 1.54) is 11.1 Å². The predicted octanol–water partition coefficient (Wildman–Crippen LogP) is 11.0. The zero-order valence-electron chi connectivity index (χ0n) is 26.3. The summed E-state index contributed by atoms with van der Waals surface area (Å²) in [7, 11) is 0. The minimum Gasteiger partial charge on any atom is -0.311 e. The fraction of sp³-hybridized carbons (Fsp3) is 0.200. The number of anilines is 6.